The van der Waals surface area contributed by atoms with E-state index in [9.17, 15) is 4.79 Å². The third kappa shape index (κ3) is 8.36. The molecule has 0 aliphatic carbocycles. The molecule has 3 N–H and O–H groups in total. The van der Waals surface area contributed by atoms with Crippen molar-refractivity contribution in [3.63, 3.8) is 0 Å². The minimum Gasteiger partial charge on any atom is -0.398 e. The molecule has 0 fully saturated rings. The van der Waals surface area contributed by atoms with E-state index in [1.54, 1.807) is 23.1 Å². The van der Waals surface area contributed by atoms with Gasteiger partial charge in [0.2, 0.25) is 5.91 Å². The zero-order chi connectivity index (χ0) is 24.2. The van der Waals surface area contributed by atoms with E-state index < -0.39 is 0 Å². The minimum absolute atomic E-state index is 0.0734. The summed E-state index contributed by atoms with van der Waals surface area (Å²) < 4.78 is 0. The van der Waals surface area contributed by atoms with Gasteiger partial charge in [0.15, 0.2) is 0 Å². The Balaban J connectivity index is 1.87. The smallest absolute Gasteiger partial charge is 0.242 e. The molecule has 184 valence electrons. The fourth-order valence-corrected chi connectivity index (χ4v) is 6.37. The number of benzene rings is 1. The van der Waals surface area contributed by atoms with Crippen LogP contribution in [-0.4, -0.2) is 11.7 Å². The number of anilines is 2. The Labute approximate surface area is 210 Å². The van der Waals surface area contributed by atoms with Crippen molar-refractivity contribution in [2.24, 2.45) is 0 Å². The van der Waals surface area contributed by atoms with E-state index in [0.717, 1.165) is 44.3 Å². The second-order valence-corrected chi connectivity index (χ2v) is 11.4. The van der Waals surface area contributed by atoms with E-state index in [4.69, 9.17) is 5.73 Å². The summed E-state index contributed by atoms with van der Waals surface area (Å²) in [6.45, 7) is 10.4. The quantitative estimate of drug-likeness (QED) is 0.194. The van der Waals surface area contributed by atoms with Crippen molar-refractivity contribution in [2.75, 3.05) is 16.8 Å². The van der Waals surface area contributed by atoms with Gasteiger partial charge in [0.1, 0.15) is 5.25 Å². The van der Waals surface area contributed by atoms with Crippen LogP contribution in [0.4, 0.5) is 11.4 Å². The van der Waals surface area contributed by atoms with Crippen molar-refractivity contribution in [1.82, 2.24) is 0 Å². The molecule has 1 unspecified atom stereocenters. The number of carbonyl (C=O) groups is 1. The number of amides is 1. The summed E-state index contributed by atoms with van der Waals surface area (Å²) >= 11 is 3.45. The lowest BCUT2D eigenvalue weighted by atomic mass is 9.96. The zero-order valence-electron chi connectivity index (χ0n) is 21.4. The van der Waals surface area contributed by atoms with Crippen LogP contribution >= 0.6 is 23.1 Å². The van der Waals surface area contributed by atoms with Crippen LogP contribution in [-0.2, 0) is 4.79 Å². The van der Waals surface area contributed by atoms with Gasteiger partial charge in [-0.05, 0) is 73.6 Å². The van der Waals surface area contributed by atoms with Gasteiger partial charge in [-0.3, -0.25) is 4.79 Å². The predicted molar refractivity (Wildman–Crippen MR) is 150 cm³/mol. The lowest BCUT2D eigenvalue weighted by Crippen LogP contribution is -2.21. The molecule has 33 heavy (non-hydrogen) atoms. The van der Waals surface area contributed by atoms with Crippen molar-refractivity contribution in [2.45, 2.75) is 104 Å². The maximum atomic E-state index is 13.4. The fraction of sp³-hybridized carbons (Fsp3) is 0.607. The van der Waals surface area contributed by atoms with Crippen LogP contribution in [0.3, 0.4) is 0 Å². The highest BCUT2D eigenvalue weighted by Crippen LogP contribution is 2.37. The molecule has 1 aromatic carbocycles. The summed E-state index contributed by atoms with van der Waals surface area (Å²) in [5.74, 6) is 1.09. The molecule has 0 aliphatic rings. The number of thiophene rings is 1. The number of nitrogens with two attached hydrogens (primary N) is 1. The summed E-state index contributed by atoms with van der Waals surface area (Å²) in [5.41, 5.74) is 12.2. The Kier molecular flexibility index (Phi) is 12.4. The van der Waals surface area contributed by atoms with Crippen LogP contribution in [0.1, 0.15) is 104 Å². The van der Waals surface area contributed by atoms with Gasteiger partial charge in [0.25, 0.3) is 0 Å². The molecule has 0 saturated heterocycles. The van der Waals surface area contributed by atoms with E-state index in [1.807, 2.05) is 33.8 Å². The van der Waals surface area contributed by atoms with E-state index >= 15 is 0 Å². The standard InChI is InChI=1S/C28H44N2OS2/c1-6-7-8-9-10-11-12-13-14-15-18-33-27(24-17-16-19-32-24)28(31)30-26-22(4)20(2)25(29)21(3)23(26)5/h16-17,19,27H,6-15,18,29H2,1-5H3,(H,30,31). The number of nitrogen functional groups attached to an aromatic ring is 1. The molecule has 5 heteroatoms. The SMILES string of the molecule is CCCCCCCCCCCCSC(C(=O)Nc1c(C)c(C)c(N)c(C)c1C)c1cccs1. The Morgan fingerprint density at radius 1 is 0.909 bits per heavy atom. The molecule has 0 spiro atoms. The molecule has 1 aromatic heterocycles. The first-order valence-corrected chi connectivity index (χ1v) is 14.6. The Morgan fingerprint density at radius 3 is 1.97 bits per heavy atom. The topological polar surface area (TPSA) is 55.1 Å². The van der Waals surface area contributed by atoms with Crippen molar-refractivity contribution in [1.29, 1.82) is 0 Å². The maximum Gasteiger partial charge on any atom is 0.242 e. The Hall–Kier alpha value is -1.46. The molecule has 1 heterocycles. The summed E-state index contributed by atoms with van der Waals surface area (Å²) in [7, 11) is 0. The van der Waals surface area contributed by atoms with Gasteiger partial charge in [-0.15, -0.1) is 23.1 Å². The Morgan fingerprint density at radius 2 is 1.45 bits per heavy atom. The van der Waals surface area contributed by atoms with E-state index in [0.29, 0.717) is 0 Å². The number of hydrogen-bond acceptors (Lipinski definition) is 4. The summed E-state index contributed by atoms with van der Waals surface area (Å²) in [6, 6.07) is 4.12. The molecule has 1 amide bonds. The number of unbranched alkanes of at least 4 members (excludes halogenated alkanes) is 9. The summed E-state index contributed by atoms with van der Waals surface area (Å²) in [5, 5.41) is 5.15. The molecule has 0 bridgehead atoms. The summed E-state index contributed by atoms with van der Waals surface area (Å²) in [6.07, 6.45) is 13.3. The molecular formula is C28H44N2OS2. The van der Waals surface area contributed by atoms with Gasteiger partial charge in [-0.25, -0.2) is 0 Å². The third-order valence-corrected chi connectivity index (χ3v) is 9.17. The van der Waals surface area contributed by atoms with Crippen molar-refractivity contribution in [3.8, 4) is 0 Å². The monoisotopic (exact) mass is 488 g/mol. The molecule has 0 aliphatic heterocycles. The first kappa shape index (κ1) is 27.8. The minimum atomic E-state index is -0.166. The second-order valence-electron chi connectivity index (χ2n) is 9.23. The third-order valence-electron chi connectivity index (χ3n) is 6.75. The average Bonchev–Trinajstić information content (AvgIpc) is 3.34. The Bertz CT molecular complexity index is 832. The molecule has 2 aromatic rings. The molecule has 2 rings (SSSR count). The number of carbonyl (C=O) groups excluding carboxylic acids is 1. The van der Waals surface area contributed by atoms with Gasteiger partial charge in [0.05, 0.1) is 0 Å². The van der Waals surface area contributed by atoms with E-state index in [1.165, 1.54) is 64.2 Å². The molecular weight excluding hydrogens is 444 g/mol. The van der Waals surface area contributed by atoms with Gasteiger partial charge >= 0.3 is 0 Å². The number of rotatable bonds is 15. The first-order valence-electron chi connectivity index (χ1n) is 12.7. The largest absolute Gasteiger partial charge is 0.398 e. The lowest BCUT2D eigenvalue weighted by molar-refractivity contribution is -0.115. The molecule has 1 atom stereocenters. The second kappa shape index (κ2) is 14.7. The highest BCUT2D eigenvalue weighted by atomic mass is 32.2. The number of hydrogen-bond donors (Lipinski definition) is 2. The van der Waals surface area contributed by atoms with Crippen LogP contribution in [0.2, 0.25) is 0 Å². The van der Waals surface area contributed by atoms with Gasteiger partial charge in [-0.1, -0.05) is 70.8 Å². The van der Waals surface area contributed by atoms with E-state index in [2.05, 4.69) is 23.7 Å². The average molecular weight is 489 g/mol. The highest BCUT2D eigenvalue weighted by Gasteiger charge is 2.24. The van der Waals surface area contributed by atoms with Crippen molar-refractivity contribution in [3.05, 3.63) is 44.6 Å². The molecule has 0 saturated carbocycles. The first-order chi connectivity index (χ1) is 15.9. The summed E-state index contributed by atoms with van der Waals surface area (Å²) in [4.78, 5) is 14.5. The number of nitrogens with one attached hydrogen (secondary N) is 1. The highest BCUT2D eigenvalue weighted by molar-refractivity contribution is 8.00. The predicted octanol–water partition coefficient (Wildman–Crippen LogP) is 8.90. The normalized spacial score (nSPS) is 12.2. The maximum absolute atomic E-state index is 13.4. The fourth-order valence-electron chi connectivity index (χ4n) is 4.24. The van der Waals surface area contributed by atoms with Gasteiger partial charge < -0.3 is 11.1 Å². The van der Waals surface area contributed by atoms with Crippen LogP contribution in [0, 0.1) is 27.7 Å². The van der Waals surface area contributed by atoms with Crippen molar-refractivity contribution < 1.29 is 4.79 Å². The van der Waals surface area contributed by atoms with Crippen LogP contribution < -0.4 is 11.1 Å². The van der Waals surface area contributed by atoms with Crippen LogP contribution in [0.15, 0.2) is 17.5 Å². The molecule has 3 nitrogen and oxygen atoms in total. The van der Waals surface area contributed by atoms with Gasteiger partial charge in [-0.2, -0.15) is 0 Å². The molecule has 0 radical (unpaired) electrons. The van der Waals surface area contributed by atoms with E-state index in [-0.39, 0.29) is 11.2 Å². The number of thioether (sulfide) groups is 1. The zero-order valence-corrected chi connectivity index (χ0v) is 23.0. The van der Waals surface area contributed by atoms with Gasteiger partial charge in [0, 0.05) is 16.3 Å². The van der Waals surface area contributed by atoms with Crippen LogP contribution in [0.5, 0.6) is 0 Å². The van der Waals surface area contributed by atoms with Crippen molar-refractivity contribution >= 4 is 40.4 Å². The lowest BCUT2D eigenvalue weighted by Gasteiger charge is -2.21. The van der Waals surface area contributed by atoms with Crippen LogP contribution in [0.25, 0.3) is 0 Å².